The molecule has 2 aliphatic heterocycles. The number of nitrogens with two attached hydrogens (primary N) is 1. The smallest absolute Gasteiger partial charge is 0.267 e. The average Bonchev–Trinajstić information content (AvgIpc) is 2.64. The number of imide groups is 1. The van der Waals surface area contributed by atoms with E-state index in [9.17, 15) is 14.0 Å². The van der Waals surface area contributed by atoms with Gasteiger partial charge >= 0.3 is 0 Å². The van der Waals surface area contributed by atoms with Crippen LogP contribution in [0.4, 0.5) is 10.1 Å². The summed E-state index contributed by atoms with van der Waals surface area (Å²) in [6, 6.07) is 4.91. The lowest BCUT2D eigenvalue weighted by Gasteiger charge is -2.23. The number of aliphatic hydroxyl groups excluding tert-OH is 1. The molecule has 2 amide bonds. The molecule has 0 aliphatic carbocycles. The van der Waals surface area contributed by atoms with Crippen molar-refractivity contribution in [2.75, 3.05) is 12.8 Å². The van der Waals surface area contributed by atoms with Gasteiger partial charge in [0.1, 0.15) is 5.82 Å². The fourth-order valence-electron chi connectivity index (χ4n) is 3.10. The zero-order valence-corrected chi connectivity index (χ0v) is 15.0. The minimum Gasteiger partial charge on any atom is -0.400 e. The zero-order valence-electron chi connectivity index (χ0n) is 15.0. The average molecular weight is 361 g/mol. The second-order valence-corrected chi connectivity index (χ2v) is 6.28. The standard InChI is InChI=1S/C12H14BFN2.C5H7NO2.CH4O/c14-12-7-10(16)1-2-11(12)9-3-5-13(8-15)6-4-9;7-4-2-1-3-5(8)6-4;1-2/h1-2,7,9H,3-6,16H2;1-3H2,(H,6,7,8);2H,1H3. The number of halogens is 1. The number of hydrogen-bond acceptors (Lipinski definition) is 5. The molecule has 2 aliphatic rings. The molecule has 26 heavy (non-hydrogen) atoms. The zero-order chi connectivity index (χ0) is 19.5. The summed E-state index contributed by atoms with van der Waals surface area (Å²) < 4.78 is 13.7. The Morgan fingerprint density at radius 1 is 1.23 bits per heavy atom. The number of benzene rings is 1. The highest BCUT2D eigenvalue weighted by Crippen LogP contribution is 2.35. The molecule has 2 heterocycles. The quantitative estimate of drug-likeness (QED) is 0.403. The predicted octanol–water partition coefficient (Wildman–Crippen LogP) is 2.26. The van der Waals surface area contributed by atoms with Gasteiger partial charge in [-0.05, 0) is 30.0 Å². The SMILES string of the molecule is CO.N#CB1CCC(c2ccc(N)cc2F)CC1.O=C1CCCC(=O)N1. The number of piperidine rings is 1. The van der Waals surface area contributed by atoms with Gasteiger partial charge in [0.25, 0.3) is 6.71 Å². The van der Waals surface area contributed by atoms with Crippen molar-refractivity contribution in [3.63, 3.8) is 0 Å². The third-order valence-corrected chi connectivity index (χ3v) is 4.46. The van der Waals surface area contributed by atoms with Crippen molar-refractivity contribution in [1.29, 1.82) is 5.26 Å². The molecule has 2 fully saturated rings. The van der Waals surface area contributed by atoms with E-state index < -0.39 is 0 Å². The van der Waals surface area contributed by atoms with Crippen molar-refractivity contribution in [1.82, 2.24) is 5.32 Å². The van der Waals surface area contributed by atoms with Crippen LogP contribution in [-0.2, 0) is 9.59 Å². The number of hydrogen-bond donors (Lipinski definition) is 3. The Morgan fingerprint density at radius 3 is 2.23 bits per heavy atom. The maximum Gasteiger partial charge on any atom is 0.267 e. The van der Waals surface area contributed by atoms with Crippen LogP contribution in [0.25, 0.3) is 0 Å². The summed E-state index contributed by atoms with van der Waals surface area (Å²) >= 11 is 0. The van der Waals surface area contributed by atoms with E-state index in [1.165, 1.54) is 6.07 Å². The molecule has 1 aromatic rings. The second-order valence-electron chi connectivity index (χ2n) is 6.28. The first-order valence-corrected chi connectivity index (χ1v) is 8.71. The number of nitrogen functional groups attached to an aromatic ring is 1. The van der Waals surface area contributed by atoms with Gasteiger partial charge in [0.15, 0.2) is 0 Å². The van der Waals surface area contributed by atoms with Crippen molar-refractivity contribution in [3.8, 4) is 5.97 Å². The van der Waals surface area contributed by atoms with E-state index in [0.717, 1.165) is 38.2 Å². The van der Waals surface area contributed by atoms with Crippen LogP contribution in [0.2, 0.25) is 12.6 Å². The second kappa shape index (κ2) is 11.3. The molecule has 0 saturated carbocycles. The van der Waals surface area contributed by atoms with Crippen LogP contribution in [0.5, 0.6) is 0 Å². The molecule has 0 bridgehead atoms. The van der Waals surface area contributed by atoms with Crippen LogP contribution in [0, 0.1) is 17.0 Å². The number of carbonyl (C=O) groups is 2. The third kappa shape index (κ3) is 6.85. The van der Waals surface area contributed by atoms with Crippen LogP contribution >= 0.6 is 0 Å². The van der Waals surface area contributed by atoms with E-state index in [1.807, 2.05) is 0 Å². The van der Waals surface area contributed by atoms with Gasteiger partial charge in [-0.1, -0.05) is 31.5 Å². The van der Waals surface area contributed by atoms with Crippen LogP contribution in [-0.4, -0.2) is 30.7 Å². The van der Waals surface area contributed by atoms with E-state index in [4.69, 9.17) is 16.1 Å². The highest BCUT2D eigenvalue weighted by molar-refractivity contribution is 6.67. The van der Waals surface area contributed by atoms with Gasteiger partial charge < -0.3 is 10.8 Å². The number of aliphatic hydroxyl groups is 1. The molecule has 0 unspecified atom stereocenters. The lowest BCUT2D eigenvalue weighted by molar-refractivity contribution is -0.132. The van der Waals surface area contributed by atoms with Crippen LogP contribution < -0.4 is 11.1 Å². The van der Waals surface area contributed by atoms with Gasteiger partial charge in [0.05, 0.1) is 0 Å². The molecule has 0 aromatic heterocycles. The molecule has 0 radical (unpaired) electrons. The van der Waals surface area contributed by atoms with Gasteiger partial charge in [-0.3, -0.25) is 14.9 Å². The Hall–Kier alpha value is -2.40. The van der Waals surface area contributed by atoms with Gasteiger partial charge in [0.2, 0.25) is 11.8 Å². The fraction of sp³-hybridized carbons (Fsp3) is 0.500. The Kier molecular flexibility index (Phi) is 9.38. The largest absolute Gasteiger partial charge is 0.400 e. The number of nitriles is 1. The summed E-state index contributed by atoms with van der Waals surface area (Å²) in [6.07, 6.45) is 5.29. The van der Waals surface area contributed by atoms with E-state index in [1.54, 1.807) is 12.1 Å². The first-order valence-electron chi connectivity index (χ1n) is 8.71. The predicted molar refractivity (Wildman–Crippen MR) is 98.9 cm³/mol. The maximum atomic E-state index is 13.7. The lowest BCUT2D eigenvalue weighted by Crippen LogP contribution is -2.33. The molecule has 6 nitrogen and oxygen atoms in total. The Balaban J connectivity index is 0.000000284. The Morgan fingerprint density at radius 2 is 1.81 bits per heavy atom. The lowest BCUT2D eigenvalue weighted by atomic mass is 9.41. The number of nitrogens with zero attached hydrogens (tertiary/aromatic N) is 1. The van der Waals surface area contributed by atoms with E-state index in [-0.39, 0.29) is 30.3 Å². The van der Waals surface area contributed by atoms with Gasteiger partial charge in [-0.2, -0.15) is 0 Å². The summed E-state index contributed by atoms with van der Waals surface area (Å²) in [5.41, 5.74) is 6.74. The van der Waals surface area contributed by atoms with Crippen molar-refractivity contribution in [2.45, 2.75) is 50.7 Å². The first kappa shape index (κ1) is 21.6. The van der Waals surface area contributed by atoms with Crippen LogP contribution in [0.15, 0.2) is 18.2 Å². The first-order chi connectivity index (χ1) is 12.5. The minimum atomic E-state index is -0.208. The molecular weight excluding hydrogens is 336 g/mol. The fourth-order valence-corrected chi connectivity index (χ4v) is 3.10. The molecule has 0 atom stereocenters. The van der Waals surface area contributed by atoms with Crippen LogP contribution in [0.1, 0.15) is 43.6 Å². The van der Waals surface area contributed by atoms with Crippen molar-refractivity contribution < 1.29 is 19.1 Å². The normalized spacial score (nSPS) is 17.1. The van der Waals surface area contributed by atoms with Crippen LogP contribution in [0.3, 0.4) is 0 Å². The number of nitrogens with one attached hydrogen (secondary N) is 1. The number of amides is 2. The van der Waals surface area contributed by atoms with Gasteiger partial charge in [-0.25, -0.2) is 9.65 Å². The van der Waals surface area contributed by atoms with Gasteiger partial charge in [-0.15, -0.1) is 0 Å². The van der Waals surface area contributed by atoms with Gasteiger partial charge in [0, 0.05) is 31.6 Å². The highest BCUT2D eigenvalue weighted by Gasteiger charge is 2.26. The van der Waals surface area contributed by atoms with E-state index in [2.05, 4.69) is 11.3 Å². The Labute approximate surface area is 153 Å². The molecule has 8 heteroatoms. The molecular formula is C18H25BFN3O3. The summed E-state index contributed by atoms with van der Waals surface area (Å²) in [7, 11) is 1.00. The summed E-state index contributed by atoms with van der Waals surface area (Å²) in [5, 5.41) is 18.0. The summed E-state index contributed by atoms with van der Waals surface area (Å²) in [4.78, 5) is 20.7. The molecule has 140 valence electrons. The maximum absolute atomic E-state index is 13.7. The molecule has 1 aromatic carbocycles. The monoisotopic (exact) mass is 361 g/mol. The molecule has 4 N–H and O–H groups in total. The number of anilines is 1. The molecule has 0 spiro atoms. The Bertz CT molecular complexity index is 642. The molecule has 2 saturated heterocycles. The van der Waals surface area contributed by atoms with Crippen molar-refractivity contribution in [3.05, 3.63) is 29.6 Å². The highest BCUT2D eigenvalue weighted by atomic mass is 19.1. The number of carbonyl (C=O) groups excluding carboxylic acids is 2. The molecule has 3 rings (SSSR count). The van der Waals surface area contributed by atoms with E-state index >= 15 is 0 Å². The van der Waals surface area contributed by atoms with E-state index in [0.29, 0.717) is 24.9 Å². The van der Waals surface area contributed by atoms with Crippen molar-refractivity contribution >= 4 is 24.2 Å². The van der Waals surface area contributed by atoms with Crippen molar-refractivity contribution in [2.24, 2.45) is 0 Å². The number of rotatable bonds is 1. The summed E-state index contributed by atoms with van der Waals surface area (Å²) in [5.74, 6) is 2.06. The third-order valence-electron chi connectivity index (χ3n) is 4.46. The summed E-state index contributed by atoms with van der Waals surface area (Å²) in [6.45, 7) is 0.160. The topological polar surface area (TPSA) is 116 Å². The minimum absolute atomic E-state index is 0.138.